The van der Waals surface area contributed by atoms with Gasteiger partial charge in [-0.3, -0.25) is 4.79 Å². The maximum absolute atomic E-state index is 11.9. The Morgan fingerprint density at radius 2 is 1.65 bits per heavy atom. The van der Waals surface area contributed by atoms with E-state index < -0.39 is 5.97 Å². The van der Waals surface area contributed by atoms with Gasteiger partial charge in [-0.05, 0) is 36.2 Å². The Hall–Kier alpha value is -2.62. The number of carboxylic acids is 1. The predicted molar refractivity (Wildman–Crippen MR) is 76.8 cm³/mol. The van der Waals surface area contributed by atoms with Crippen molar-refractivity contribution in [1.29, 1.82) is 0 Å². The molecule has 0 saturated carbocycles. The van der Waals surface area contributed by atoms with Gasteiger partial charge < -0.3 is 10.4 Å². The molecule has 2 rings (SSSR count). The third kappa shape index (κ3) is 3.03. The van der Waals surface area contributed by atoms with Crippen molar-refractivity contribution in [3.05, 3.63) is 59.7 Å². The van der Waals surface area contributed by atoms with Gasteiger partial charge in [-0.25, -0.2) is 4.79 Å². The Labute approximate surface area is 117 Å². The minimum atomic E-state index is -1.05. The highest BCUT2D eigenvalue weighted by atomic mass is 16.4. The predicted octanol–water partition coefficient (Wildman–Crippen LogP) is 2.80. The number of rotatable bonds is 4. The van der Waals surface area contributed by atoms with Crippen LogP contribution in [0, 0.1) is 0 Å². The molecular formula is C16H15NO3. The van der Waals surface area contributed by atoms with Crippen LogP contribution in [0.3, 0.4) is 0 Å². The van der Waals surface area contributed by atoms with Crippen molar-refractivity contribution in [2.24, 2.45) is 0 Å². The van der Waals surface area contributed by atoms with E-state index in [1.807, 2.05) is 37.3 Å². The van der Waals surface area contributed by atoms with Gasteiger partial charge in [0.15, 0.2) is 0 Å². The molecule has 102 valence electrons. The van der Waals surface area contributed by atoms with Crippen LogP contribution in [-0.4, -0.2) is 23.5 Å². The number of nitrogens with one attached hydrogen (secondary N) is 1. The summed E-state index contributed by atoms with van der Waals surface area (Å²) in [7, 11) is 0. The van der Waals surface area contributed by atoms with Crippen molar-refractivity contribution in [1.82, 2.24) is 5.32 Å². The van der Waals surface area contributed by atoms with E-state index in [-0.39, 0.29) is 11.5 Å². The molecule has 20 heavy (non-hydrogen) atoms. The van der Waals surface area contributed by atoms with Crippen LogP contribution in [0.5, 0.6) is 0 Å². The topological polar surface area (TPSA) is 66.4 Å². The number of carbonyl (C=O) groups is 2. The lowest BCUT2D eigenvalue weighted by Gasteiger charge is -2.08. The maximum atomic E-state index is 11.9. The van der Waals surface area contributed by atoms with E-state index >= 15 is 0 Å². The molecule has 0 aliphatic carbocycles. The highest BCUT2D eigenvalue weighted by Gasteiger charge is 2.12. The summed E-state index contributed by atoms with van der Waals surface area (Å²) < 4.78 is 0. The molecule has 1 amide bonds. The first kappa shape index (κ1) is 13.8. The molecule has 4 heteroatoms. The van der Waals surface area contributed by atoms with Crippen molar-refractivity contribution >= 4 is 11.9 Å². The maximum Gasteiger partial charge on any atom is 0.335 e. The Bertz CT molecular complexity index is 635. The lowest BCUT2D eigenvalue weighted by molar-refractivity contribution is 0.0697. The van der Waals surface area contributed by atoms with E-state index in [2.05, 4.69) is 5.32 Å². The van der Waals surface area contributed by atoms with Crippen LogP contribution in [0.2, 0.25) is 0 Å². The first-order chi connectivity index (χ1) is 9.61. The summed E-state index contributed by atoms with van der Waals surface area (Å²) in [5.41, 5.74) is 2.05. The fourth-order valence-corrected chi connectivity index (χ4v) is 1.94. The largest absolute Gasteiger partial charge is 0.478 e. The fraction of sp³-hybridized carbons (Fsp3) is 0.125. The molecule has 0 unspecified atom stereocenters. The van der Waals surface area contributed by atoms with Crippen molar-refractivity contribution in [3.8, 4) is 11.1 Å². The summed E-state index contributed by atoms with van der Waals surface area (Å²) in [6.45, 7) is 2.31. The van der Waals surface area contributed by atoms with Crippen molar-refractivity contribution < 1.29 is 14.7 Å². The smallest absolute Gasteiger partial charge is 0.335 e. The minimum absolute atomic E-state index is 0.104. The Balaban J connectivity index is 2.52. The summed E-state index contributed by atoms with van der Waals surface area (Å²) in [5.74, 6) is -1.32. The summed E-state index contributed by atoms with van der Waals surface area (Å²) in [6.07, 6.45) is 0. The lowest BCUT2D eigenvalue weighted by Crippen LogP contribution is -2.23. The monoisotopic (exact) mass is 269 g/mol. The van der Waals surface area contributed by atoms with Gasteiger partial charge in [0.25, 0.3) is 5.91 Å². The third-order valence-corrected chi connectivity index (χ3v) is 2.89. The average molecular weight is 269 g/mol. The molecule has 2 aromatic carbocycles. The molecule has 2 N–H and O–H groups in total. The van der Waals surface area contributed by atoms with Crippen molar-refractivity contribution in [3.63, 3.8) is 0 Å². The van der Waals surface area contributed by atoms with Gasteiger partial charge in [-0.2, -0.15) is 0 Å². The van der Waals surface area contributed by atoms with Crippen LogP contribution >= 0.6 is 0 Å². The van der Waals surface area contributed by atoms with E-state index in [0.29, 0.717) is 17.7 Å². The van der Waals surface area contributed by atoms with Crippen molar-refractivity contribution in [2.75, 3.05) is 6.54 Å². The van der Waals surface area contributed by atoms with E-state index in [4.69, 9.17) is 5.11 Å². The molecule has 0 radical (unpaired) electrons. The number of aromatic carboxylic acids is 1. The van der Waals surface area contributed by atoms with E-state index in [1.165, 1.54) is 6.07 Å². The normalized spacial score (nSPS) is 10.1. The molecular weight excluding hydrogens is 254 g/mol. The van der Waals surface area contributed by atoms with Gasteiger partial charge in [0.1, 0.15) is 0 Å². The third-order valence-electron chi connectivity index (χ3n) is 2.89. The standard InChI is InChI=1S/C16H15NO3/c1-2-17-15(18)13-8-12(9-14(10-13)16(19)20)11-6-4-3-5-7-11/h3-10H,2H2,1H3,(H,17,18)(H,19,20). The molecule has 0 aliphatic heterocycles. The zero-order valence-corrected chi connectivity index (χ0v) is 11.1. The number of carbonyl (C=O) groups excluding carboxylic acids is 1. The molecule has 4 nitrogen and oxygen atoms in total. The second kappa shape index (κ2) is 6.02. The fourth-order valence-electron chi connectivity index (χ4n) is 1.94. The Kier molecular flexibility index (Phi) is 4.15. The van der Waals surface area contributed by atoms with E-state index in [0.717, 1.165) is 5.56 Å². The highest BCUT2D eigenvalue weighted by Crippen LogP contribution is 2.22. The number of hydrogen-bond donors (Lipinski definition) is 2. The molecule has 0 aromatic heterocycles. The van der Waals surface area contributed by atoms with Gasteiger partial charge in [0.2, 0.25) is 0 Å². The van der Waals surface area contributed by atoms with Crippen LogP contribution in [0.1, 0.15) is 27.6 Å². The van der Waals surface area contributed by atoms with Crippen molar-refractivity contribution in [2.45, 2.75) is 6.92 Å². The zero-order chi connectivity index (χ0) is 14.5. The van der Waals surface area contributed by atoms with Crippen LogP contribution in [-0.2, 0) is 0 Å². The second-order valence-corrected chi connectivity index (χ2v) is 4.33. The molecule has 2 aromatic rings. The van der Waals surface area contributed by atoms with Crippen LogP contribution in [0.15, 0.2) is 48.5 Å². The highest BCUT2D eigenvalue weighted by molar-refractivity contribution is 5.99. The number of benzene rings is 2. The number of amides is 1. The quantitative estimate of drug-likeness (QED) is 0.897. The Morgan fingerprint density at radius 3 is 2.25 bits per heavy atom. The summed E-state index contributed by atoms with van der Waals surface area (Å²) >= 11 is 0. The summed E-state index contributed by atoms with van der Waals surface area (Å²) in [6, 6.07) is 14.0. The van der Waals surface area contributed by atoms with Gasteiger partial charge >= 0.3 is 5.97 Å². The first-order valence-electron chi connectivity index (χ1n) is 6.34. The van der Waals surface area contributed by atoms with Gasteiger partial charge in [-0.15, -0.1) is 0 Å². The van der Waals surface area contributed by atoms with Gasteiger partial charge in [0, 0.05) is 12.1 Å². The van der Waals surface area contributed by atoms with E-state index in [1.54, 1.807) is 12.1 Å². The van der Waals surface area contributed by atoms with Crippen LogP contribution < -0.4 is 5.32 Å². The van der Waals surface area contributed by atoms with Crippen LogP contribution in [0.25, 0.3) is 11.1 Å². The Morgan fingerprint density at radius 1 is 1.00 bits per heavy atom. The SMILES string of the molecule is CCNC(=O)c1cc(C(=O)O)cc(-c2ccccc2)c1. The van der Waals surface area contributed by atoms with Gasteiger partial charge in [-0.1, -0.05) is 30.3 Å². The van der Waals surface area contributed by atoms with E-state index in [9.17, 15) is 9.59 Å². The summed E-state index contributed by atoms with van der Waals surface area (Å²) in [5, 5.41) is 11.8. The number of hydrogen-bond acceptors (Lipinski definition) is 2. The van der Waals surface area contributed by atoms with Gasteiger partial charge in [0.05, 0.1) is 5.56 Å². The van der Waals surface area contributed by atoms with Crippen LogP contribution in [0.4, 0.5) is 0 Å². The molecule has 0 heterocycles. The average Bonchev–Trinajstić information content (AvgIpc) is 2.48. The molecule has 0 fully saturated rings. The number of carboxylic acid groups (broad SMARTS) is 1. The minimum Gasteiger partial charge on any atom is -0.478 e. The molecule has 0 bridgehead atoms. The lowest BCUT2D eigenvalue weighted by atomic mass is 9.99. The molecule has 0 aliphatic rings. The first-order valence-corrected chi connectivity index (χ1v) is 6.34. The summed E-state index contributed by atoms with van der Waals surface area (Å²) in [4.78, 5) is 23.1. The zero-order valence-electron chi connectivity index (χ0n) is 11.1. The molecule has 0 atom stereocenters. The second-order valence-electron chi connectivity index (χ2n) is 4.33. The molecule has 0 saturated heterocycles. The molecule has 0 spiro atoms.